The van der Waals surface area contributed by atoms with E-state index in [1.54, 1.807) is 56.4 Å². The van der Waals surface area contributed by atoms with Crippen molar-refractivity contribution >= 4 is 17.5 Å². The molecule has 0 bridgehead atoms. The molecule has 1 aromatic rings. The first-order valence-corrected chi connectivity index (χ1v) is 12.1. The number of rotatable bonds is 8. The molecule has 2 aliphatic carbocycles. The molecule has 0 heterocycles. The van der Waals surface area contributed by atoms with E-state index in [-0.39, 0.29) is 17.5 Å². The van der Waals surface area contributed by atoms with Crippen molar-refractivity contribution in [2.24, 2.45) is 11.8 Å². The van der Waals surface area contributed by atoms with Gasteiger partial charge in [-0.15, -0.1) is 0 Å². The Hall–Kier alpha value is -3.25. The predicted octanol–water partition coefficient (Wildman–Crippen LogP) is 5.79. The van der Waals surface area contributed by atoms with Crippen LogP contribution < -0.4 is 4.74 Å². The van der Waals surface area contributed by atoms with Crippen molar-refractivity contribution in [1.82, 2.24) is 0 Å². The molecule has 35 heavy (non-hydrogen) atoms. The molecule has 1 saturated carbocycles. The molecule has 0 N–H and O–H groups in total. The highest BCUT2D eigenvalue weighted by atomic mass is 16.7. The highest BCUT2D eigenvalue weighted by Crippen LogP contribution is 2.30. The smallest absolute Gasteiger partial charge is 0.333 e. The van der Waals surface area contributed by atoms with E-state index in [0.717, 1.165) is 25.7 Å². The molecule has 6 heteroatoms. The topological polar surface area (TPSA) is 78.9 Å². The Labute approximate surface area is 207 Å². The van der Waals surface area contributed by atoms with Crippen molar-refractivity contribution in [1.29, 1.82) is 0 Å². The standard InChI is InChI=1S/C29H34O6/c1-19(2)29(32)34-18-23-12-10-22(11-13-23)17-33-21(4)35-24-14-15-25-26(16-24)28(31)20(3)8-6-5-7-9-27(25)30/h5-9,14-16,21-23H,1,10-13,17-18H2,2-4H3/b6-5-,9-7+,20-8+. The van der Waals surface area contributed by atoms with Crippen LogP contribution in [0.15, 0.2) is 66.3 Å². The van der Waals surface area contributed by atoms with Gasteiger partial charge >= 0.3 is 5.97 Å². The van der Waals surface area contributed by atoms with Gasteiger partial charge in [-0.25, -0.2) is 4.79 Å². The second-order valence-electron chi connectivity index (χ2n) is 9.28. The molecular formula is C29H34O6. The van der Waals surface area contributed by atoms with Gasteiger partial charge in [0.2, 0.25) is 0 Å². The number of ether oxygens (including phenoxy) is 3. The fourth-order valence-electron chi connectivity index (χ4n) is 4.16. The van der Waals surface area contributed by atoms with Crippen molar-refractivity contribution in [3.8, 4) is 5.75 Å². The molecule has 1 atom stereocenters. The average molecular weight is 479 g/mol. The Morgan fingerprint density at radius 1 is 1.03 bits per heavy atom. The zero-order chi connectivity index (χ0) is 25.4. The molecule has 1 unspecified atom stereocenters. The van der Waals surface area contributed by atoms with Gasteiger partial charge in [0.05, 0.1) is 13.2 Å². The number of carbonyl (C=O) groups excluding carboxylic acids is 3. The maximum atomic E-state index is 12.9. The molecule has 186 valence electrons. The van der Waals surface area contributed by atoms with Crippen molar-refractivity contribution in [3.05, 3.63) is 77.4 Å². The molecule has 0 aromatic heterocycles. The van der Waals surface area contributed by atoms with Gasteiger partial charge in [-0.05, 0) is 88.1 Å². The molecule has 6 nitrogen and oxygen atoms in total. The van der Waals surface area contributed by atoms with Gasteiger partial charge in [-0.2, -0.15) is 0 Å². The van der Waals surface area contributed by atoms with Crippen LogP contribution in [0.5, 0.6) is 5.75 Å². The highest BCUT2D eigenvalue weighted by molar-refractivity contribution is 6.18. The van der Waals surface area contributed by atoms with Crippen LogP contribution in [0.1, 0.15) is 67.2 Å². The Bertz CT molecular complexity index is 1050. The van der Waals surface area contributed by atoms with Gasteiger partial charge < -0.3 is 14.2 Å². The van der Waals surface area contributed by atoms with Crippen LogP contribution in [-0.4, -0.2) is 37.0 Å². The van der Waals surface area contributed by atoms with E-state index in [1.807, 2.05) is 6.92 Å². The van der Waals surface area contributed by atoms with Crippen molar-refractivity contribution in [3.63, 3.8) is 0 Å². The lowest BCUT2D eigenvalue weighted by Crippen LogP contribution is -2.26. The Balaban J connectivity index is 1.52. The van der Waals surface area contributed by atoms with Crippen LogP contribution in [0.2, 0.25) is 0 Å². The van der Waals surface area contributed by atoms with Crippen LogP contribution in [0.25, 0.3) is 0 Å². The van der Waals surface area contributed by atoms with Gasteiger partial charge in [0.25, 0.3) is 0 Å². The summed E-state index contributed by atoms with van der Waals surface area (Å²) < 4.78 is 17.2. The van der Waals surface area contributed by atoms with E-state index in [0.29, 0.717) is 53.1 Å². The number of hydrogen-bond acceptors (Lipinski definition) is 6. The first-order chi connectivity index (χ1) is 16.7. The molecule has 2 aliphatic rings. The molecule has 0 spiro atoms. The maximum Gasteiger partial charge on any atom is 0.333 e. The fourth-order valence-corrected chi connectivity index (χ4v) is 4.16. The third-order valence-corrected chi connectivity index (χ3v) is 6.31. The minimum absolute atomic E-state index is 0.210. The fraction of sp³-hybridized carbons (Fsp3) is 0.414. The summed E-state index contributed by atoms with van der Waals surface area (Å²) >= 11 is 0. The van der Waals surface area contributed by atoms with Crippen LogP contribution in [0.3, 0.4) is 0 Å². The van der Waals surface area contributed by atoms with E-state index >= 15 is 0 Å². The first kappa shape index (κ1) is 26.4. The van der Waals surface area contributed by atoms with Gasteiger partial charge in [-0.1, -0.05) is 30.9 Å². The summed E-state index contributed by atoms with van der Waals surface area (Å²) in [4.78, 5) is 37.0. The van der Waals surface area contributed by atoms with Crippen LogP contribution in [0.4, 0.5) is 0 Å². The zero-order valence-electron chi connectivity index (χ0n) is 20.8. The Morgan fingerprint density at radius 3 is 2.40 bits per heavy atom. The Kier molecular flexibility index (Phi) is 9.38. The minimum Gasteiger partial charge on any atom is -0.465 e. The van der Waals surface area contributed by atoms with Crippen molar-refractivity contribution in [2.45, 2.75) is 52.7 Å². The average Bonchev–Trinajstić information content (AvgIpc) is 2.85. The number of fused-ring (bicyclic) bond motifs is 1. The summed E-state index contributed by atoms with van der Waals surface area (Å²) in [5.41, 5.74) is 1.63. The number of allylic oxidation sites excluding steroid dienone is 6. The lowest BCUT2D eigenvalue weighted by Gasteiger charge is -2.29. The van der Waals surface area contributed by atoms with Gasteiger partial charge in [0.15, 0.2) is 17.9 Å². The van der Waals surface area contributed by atoms with E-state index in [9.17, 15) is 14.4 Å². The lowest BCUT2D eigenvalue weighted by atomic mass is 9.83. The molecular weight excluding hydrogens is 444 g/mol. The number of ketones is 2. The Morgan fingerprint density at radius 2 is 1.71 bits per heavy atom. The summed E-state index contributed by atoms with van der Waals surface area (Å²) in [6, 6.07) is 4.93. The monoisotopic (exact) mass is 478 g/mol. The van der Waals surface area contributed by atoms with Crippen LogP contribution in [-0.2, 0) is 14.3 Å². The second-order valence-corrected chi connectivity index (χ2v) is 9.28. The van der Waals surface area contributed by atoms with Gasteiger partial charge in [-0.3, -0.25) is 9.59 Å². The number of benzene rings is 1. The number of hydrogen-bond donors (Lipinski definition) is 0. The summed E-state index contributed by atoms with van der Waals surface area (Å²) in [5, 5.41) is 0. The van der Waals surface area contributed by atoms with Crippen molar-refractivity contribution in [2.75, 3.05) is 13.2 Å². The molecule has 1 fully saturated rings. The zero-order valence-corrected chi connectivity index (χ0v) is 20.8. The van der Waals surface area contributed by atoms with E-state index in [2.05, 4.69) is 6.58 Å². The summed E-state index contributed by atoms with van der Waals surface area (Å²) in [7, 11) is 0. The van der Waals surface area contributed by atoms with Crippen molar-refractivity contribution < 1.29 is 28.6 Å². The minimum atomic E-state index is -0.507. The third-order valence-electron chi connectivity index (χ3n) is 6.31. The van der Waals surface area contributed by atoms with Crippen LogP contribution in [0, 0.1) is 11.8 Å². The maximum absolute atomic E-state index is 12.9. The highest BCUT2D eigenvalue weighted by Gasteiger charge is 2.24. The number of carbonyl (C=O) groups is 3. The molecule has 1 aromatic carbocycles. The normalized spacial score (nSPS) is 24.4. The largest absolute Gasteiger partial charge is 0.465 e. The van der Waals surface area contributed by atoms with Crippen LogP contribution >= 0.6 is 0 Å². The summed E-state index contributed by atoms with van der Waals surface area (Å²) in [6.07, 6.45) is 11.8. The predicted molar refractivity (Wildman–Crippen MR) is 134 cm³/mol. The molecule has 0 radical (unpaired) electrons. The van der Waals surface area contributed by atoms with E-state index in [4.69, 9.17) is 14.2 Å². The number of Topliss-reactive ketones (excluding diaryl/α,β-unsaturated/α-hetero) is 1. The summed E-state index contributed by atoms with van der Waals surface area (Å²) in [6.45, 7) is 9.82. The first-order valence-electron chi connectivity index (χ1n) is 12.1. The van der Waals surface area contributed by atoms with E-state index < -0.39 is 6.29 Å². The molecule has 3 rings (SSSR count). The second kappa shape index (κ2) is 12.5. The lowest BCUT2D eigenvalue weighted by molar-refractivity contribution is -0.140. The molecule has 0 amide bonds. The van der Waals surface area contributed by atoms with Gasteiger partial charge in [0.1, 0.15) is 5.75 Å². The number of esters is 1. The summed E-state index contributed by atoms with van der Waals surface area (Å²) in [5.74, 6) is 0.510. The van der Waals surface area contributed by atoms with E-state index in [1.165, 1.54) is 6.08 Å². The molecule has 0 saturated heterocycles. The quantitative estimate of drug-likeness (QED) is 0.267. The third kappa shape index (κ3) is 7.62. The SMILES string of the molecule is C=C(C)C(=O)OCC1CCC(COC(C)Oc2ccc3c(c2)C(=O)/C(C)=C/C=C\C=C\C3=O)CC1. The molecule has 0 aliphatic heterocycles. The van der Waals surface area contributed by atoms with Gasteiger partial charge in [0, 0.05) is 16.7 Å².